The summed E-state index contributed by atoms with van der Waals surface area (Å²) in [5.41, 5.74) is 1.42. The lowest BCUT2D eigenvalue weighted by Gasteiger charge is -2.18. The molecule has 2 rings (SSSR count). The van der Waals surface area contributed by atoms with Gasteiger partial charge in [0.15, 0.2) is 0 Å². The van der Waals surface area contributed by atoms with Gasteiger partial charge >= 0.3 is 0 Å². The molecule has 1 aromatic heterocycles. The van der Waals surface area contributed by atoms with Crippen molar-refractivity contribution in [3.05, 3.63) is 57.8 Å². The van der Waals surface area contributed by atoms with Crippen LogP contribution >= 0.6 is 11.3 Å². The van der Waals surface area contributed by atoms with Crippen molar-refractivity contribution in [1.82, 2.24) is 5.32 Å². The highest BCUT2D eigenvalue weighted by Gasteiger charge is 2.10. The first kappa shape index (κ1) is 16.3. The first-order chi connectivity index (χ1) is 10.3. The number of hydrogen-bond donors (Lipinski definition) is 1. The van der Waals surface area contributed by atoms with E-state index < -0.39 is 0 Å². The third kappa shape index (κ3) is 5.29. The Morgan fingerprint density at radius 2 is 1.76 bits per heavy atom. The molecule has 1 unspecified atom stereocenters. The number of rotatable bonds is 9. The first-order valence-electron chi connectivity index (χ1n) is 8.19. The van der Waals surface area contributed by atoms with Crippen molar-refractivity contribution in [2.45, 2.75) is 52.0 Å². The number of thiophene rings is 1. The zero-order chi connectivity index (χ0) is 14.9. The Kier molecular flexibility index (Phi) is 6.98. The minimum Gasteiger partial charge on any atom is -0.310 e. The molecule has 0 fully saturated rings. The molecule has 0 radical (unpaired) electrons. The molecule has 0 saturated carbocycles. The second-order valence-corrected chi connectivity index (χ2v) is 6.78. The third-order valence-electron chi connectivity index (χ3n) is 3.82. The Morgan fingerprint density at radius 3 is 2.43 bits per heavy atom. The molecule has 0 saturated heterocycles. The summed E-state index contributed by atoms with van der Waals surface area (Å²) in [6.07, 6.45) is 6.02. The van der Waals surface area contributed by atoms with Gasteiger partial charge < -0.3 is 5.32 Å². The van der Waals surface area contributed by atoms with E-state index in [1.165, 1.54) is 41.0 Å². The molecule has 1 atom stereocenters. The molecule has 1 heterocycles. The van der Waals surface area contributed by atoms with Gasteiger partial charge in [-0.15, -0.1) is 11.3 Å². The van der Waals surface area contributed by atoms with Gasteiger partial charge in [0.2, 0.25) is 0 Å². The minimum absolute atomic E-state index is 0.497. The molecule has 0 aliphatic rings. The largest absolute Gasteiger partial charge is 0.310 e. The molecular weight excluding hydrogens is 274 g/mol. The zero-order valence-electron chi connectivity index (χ0n) is 13.3. The highest BCUT2D eigenvalue weighted by Crippen LogP contribution is 2.23. The van der Waals surface area contributed by atoms with Gasteiger partial charge in [-0.25, -0.2) is 0 Å². The van der Waals surface area contributed by atoms with Crippen LogP contribution in [0.15, 0.2) is 42.5 Å². The van der Waals surface area contributed by atoms with Crippen molar-refractivity contribution in [3.8, 4) is 0 Å². The maximum absolute atomic E-state index is 3.69. The number of benzene rings is 1. The maximum Gasteiger partial charge on any atom is 0.0320 e. The van der Waals surface area contributed by atoms with Gasteiger partial charge in [0.05, 0.1) is 0 Å². The molecule has 114 valence electrons. The summed E-state index contributed by atoms with van der Waals surface area (Å²) in [6.45, 7) is 5.56. The van der Waals surface area contributed by atoms with Gasteiger partial charge in [-0.2, -0.15) is 0 Å². The summed E-state index contributed by atoms with van der Waals surface area (Å²) < 4.78 is 0. The lowest BCUT2D eigenvalue weighted by atomic mass is 10.0. The Balaban J connectivity index is 1.86. The Morgan fingerprint density at radius 1 is 1.00 bits per heavy atom. The summed E-state index contributed by atoms with van der Waals surface area (Å²) in [6, 6.07) is 16.0. The number of nitrogens with one attached hydrogen (secondary N) is 1. The topological polar surface area (TPSA) is 12.0 Å². The fraction of sp³-hybridized carbons (Fsp3) is 0.474. The molecule has 0 aliphatic carbocycles. The Labute approximate surface area is 133 Å². The van der Waals surface area contributed by atoms with Gasteiger partial charge in [0.25, 0.3) is 0 Å². The van der Waals surface area contributed by atoms with E-state index in [1.54, 1.807) is 0 Å². The minimum atomic E-state index is 0.497. The van der Waals surface area contributed by atoms with Crippen LogP contribution in [0.4, 0.5) is 0 Å². The summed E-state index contributed by atoms with van der Waals surface area (Å²) in [5, 5.41) is 3.69. The normalized spacial score (nSPS) is 12.5. The second-order valence-electron chi connectivity index (χ2n) is 5.53. The van der Waals surface area contributed by atoms with Crippen LogP contribution in [0.25, 0.3) is 0 Å². The first-order valence-corrected chi connectivity index (χ1v) is 9.01. The molecule has 1 aromatic carbocycles. The van der Waals surface area contributed by atoms with E-state index in [1.807, 2.05) is 11.3 Å². The van der Waals surface area contributed by atoms with E-state index in [9.17, 15) is 0 Å². The predicted octanol–water partition coefficient (Wildman–Crippen LogP) is 5.37. The lowest BCUT2D eigenvalue weighted by Crippen LogP contribution is -2.22. The van der Waals surface area contributed by atoms with Crippen molar-refractivity contribution >= 4 is 11.3 Å². The van der Waals surface area contributed by atoms with E-state index >= 15 is 0 Å². The highest BCUT2D eigenvalue weighted by molar-refractivity contribution is 7.11. The molecule has 2 heteroatoms. The van der Waals surface area contributed by atoms with E-state index in [0.717, 1.165) is 13.0 Å². The van der Waals surface area contributed by atoms with Gasteiger partial charge in [-0.3, -0.25) is 0 Å². The number of aryl methyl sites for hydroxylation is 2. The Hall–Kier alpha value is -1.12. The zero-order valence-corrected chi connectivity index (χ0v) is 14.1. The van der Waals surface area contributed by atoms with Crippen LogP contribution in [-0.4, -0.2) is 6.54 Å². The van der Waals surface area contributed by atoms with E-state index in [-0.39, 0.29) is 0 Å². The molecule has 1 N–H and O–H groups in total. The summed E-state index contributed by atoms with van der Waals surface area (Å²) in [4.78, 5) is 3.04. The van der Waals surface area contributed by atoms with Crippen molar-refractivity contribution < 1.29 is 0 Å². The van der Waals surface area contributed by atoms with Gasteiger partial charge in [0.1, 0.15) is 0 Å². The predicted molar refractivity (Wildman–Crippen MR) is 94.1 cm³/mol. The standard InChI is InChI=1S/C19H27NS/c1-3-15-20-19(16-9-6-5-7-10-16)12-8-11-18-14-13-17(4-2)21-18/h5-7,9-10,13-14,19-20H,3-4,8,11-12,15H2,1-2H3. The number of hydrogen-bond acceptors (Lipinski definition) is 2. The smallest absolute Gasteiger partial charge is 0.0320 e. The summed E-state index contributed by atoms with van der Waals surface area (Å²) >= 11 is 1.98. The summed E-state index contributed by atoms with van der Waals surface area (Å²) in [7, 11) is 0. The molecule has 0 spiro atoms. The Bertz CT molecular complexity index is 503. The lowest BCUT2D eigenvalue weighted by molar-refractivity contribution is 0.485. The van der Waals surface area contributed by atoms with Crippen molar-refractivity contribution in [3.63, 3.8) is 0 Å². The fourth-order valence-electron chi connectivity index (χ4n) is 2.62. The van der Waals surface area contributed by atoms with Gasteiger partial charge in [-0.1, -0.05) is 44.2 Å². The molecule has 1 nitrogen and oxygen atoms in total. The van der Waals surface area contributed by atoms with E-state index in [2.05, 4.69) is 61.6 Å². The maximum atomic E-state index is 3.69. The molecule has 0 bridgehead atoms. The molecular formula is C19H27NS. The molecule has 2 aromatic rings. The third-order valence-corrected chi connectivity index (χ3v) is 5.11. The van der Waals surface area contributed by atoms with Crippen LogP contribution in [0.2, 0.25) is 0 Å². The second kappa shape index (κ2) is 9.01. The van der Waals surface area contributed by atoms with Gasteiger partial charge in [0, 0.05) is 15.8 Å². The van der Waals surface area contributed by atoms with Crippen molar-refractivity contribution in [1.29, 1.82) is 0 Å². The SMILES string of the molecule is CCCNC(CCCc1ccc(CC)s1)c1ccccc1. The van der Waals surface area contributed by atoms with Crippen molar-refractivity contribution in [2.75, 3.05) is 6.54 Å². The van der Waals surface area contributed by atoms with E-state index in [4.69, 9.17) is 0 Å². The fourth-order valence-corrected chi connectivity index (χ4v) is 3.62. The van der Waals surface area contributed by atoms with E-state index in [0.29, 0.717) is 6.04 Å². The van der Waals surface area contributed by atoms with Crippen LogP contribution in [-0.2, 0) is 12.8 Å². The highest BCUT2D eigenvalue weighted by atomic mass is 32.1. The quantitative estimate of drug-likeness (QED) is 0.656. The average molecular weight is 301 g/mol. The van der Waals surface area contributed by atoms with Crippen LogP contribution in [0, 0.1) is 0 Å². The van der Waals surface area contributed by atoms with Gasteiger partial charge in [-0.05, 0) is 56.3 Å². The molecule has 0 amide bonds. The summed E-state index contributed by atoms with van der Waals surface area (Å²) in [5.74, 6) is 0. The molecule has 0 aliphatic heterocycles. The van der Waals surface area contributed by atoms with Crippen LogP contribution in [0.1, 0.15) is 54.5 Å². The van der Waals surface area contributed by atoms with Crippen molar-refractivity contribution in [2.24, 2.45) is 0 Å². The van der Waals surface area contributed by atoms with Crippen LogP contribution in [0.3, 0.4) is 0 Å². The van der Waals surface area contributed by atoms with Crippen LogP contribution in [0.5, 0.6) is 0 Å². The average Bonchev–Trinajstić information content (AvgIpc) is 2.99. The monoisotopic (exact) mass is 301 g/mol. The molecule has 21 heavy (non-hydrogen) atoms. The van der Waals surface area contributed by atoms with Crippen LogP contribution < -0.4 is 5.32 Å².